The van der Waals surface area contributed by atoms with Crippen molar-refractivity contribution in [1.82, 2.24) is 0 Å². The second-order valence-corrected chi connectivity index (χ2v) is 6.25. The summed E-state index contributed by atoms with van der Waals surface area (Å²) in [6, 6.07) is 38.9. The van der Waals surface area contributed by atoms with Crippen molar-refractivity contribution in [3.63, 3.8) is 0 Å². The molecule has 2 nitrogen and oxygen atoms in total. The van der Waals surface area contributed by atoms with E-state index in [0.717, 1.165) is 5.02 Å². The lowest BCUT2D eigenvalue weighted by atomic mass is 9.81. The molecule has 4 rings (SSSR count). The summed E-state index contributed by atoms with van der Waals surface area (Å²) < 4.78 is 0. The van der Waals surface area contributed by atoms with E-state index in [0.29, 0.717) is 5.46 Å². The normalized spacial score (nSPS) is 9.25. The van der Waals surface area contributed by atoms with Crippen LogP contribution in [0.4, 0.5) is 0 Å². The summed E-state index contributed by atoms with van der Waals surface area (Å²) in [5.74, 6) is 0. The van der Waals surface area contributed by atoms with Gasteiger partial charge in [0, 0.05) is 5.02 Å². The fraction of sp³-hybridized carbons (Fsp3) is 0. The van der Waals surface area contributed by atoms with Crippen molar-refractivity contribution >= 4 is 24.2 Å². The molecular formula is C24H22BClO2. The maximum atomic E-state index is 8.58. The van der Waals surface area contributed by atoms with E-state index in [4.69, 9.17) is 21.6 Å². The van der Waals surface area contributed by atoms with Gasteiger partial charge < -0.3 is 10.0 Å². The van der Waals surface area contributed by atoms with Crippen molar-refractivity contribution in [1.29, 1.82) is 0 Å². The van der Waals surface area contributed by atoms with Crippen molar-refractivity contribution in [2.75, 3.05) is 0 Å². The molecule has 0 fully saturated rings. The van der Waals surface area contributed by atoms with Crippen LogP contribution >= 0.6 is 11.6 Å². The van der Waals surface area contributed by atoms with Crippen LogP contribution in [0.1, 0.15) is 0 Å². The Balaban J connectivity index is 0.000000157. The zero-order valence-electron chi connectivity index (χ0n) is 15.4. The van der Waals surface area contributed by atoms with Crippen molar-refractivity contribution in [3.8, 4) is 11.1 Å². The number of rotatable bonds is 2. The Morgan fingerprint density at radius 1 is 0.464 bits per heavy atom. The topological polar surface area (TPSA) is 40.5 Å². The molecule has 0 saturated heterocycles. The van der Waals surface area contributed by atoms with Crippen LogP contribution in [-0.2, 0) is 0 Å². The first-order valence-corrected chi connectivity index (χ1v) is 9.26. The zero-order valence-corrected chi connectivity index (χ0v) is 16.2. The van der Waals surface area contributed by atoms with E-state index < -0.39 is 7.12 Å². The summed E-state index contributed by atoms with van der Waals surface area (Å²) in [5.41, 5.74) is 3.08. The maximum absolute atomic E-state index is 8.58. The standard InChI is InChI=1S/C12H10.C6H7BO2.C6H5Cl/c1-3-7-11(8-4-1)12-9-5-2-6-10-12;8-7(9)6-4-2-1-3-5-6;7-6-4-2-1-3-5-6/h1-10H;1-5,8-9H;1-5H. The number of halogens is 1. The Bertz CT molecular complexity index is 849. The van der Waals surface area contributed by atoms with Crippen LogP contribution in [0.3, 0.4) is 0 Å². The summed E-state index contributed by atoms with van der Waals surface area (Å²) in [7, 11) is -1.34. The predicted molar refractivity (Wildman–Crippen MR) is 120 cm³/mol. The number of benzene rings is 4. The molecule has 0 atom stereocenters. The Morgan fingerprint density at radius 3 is 1.04 bits per heavy atom. The van der Waals surface area contributed by atoms with E-state index in [2.05, 4.69) is 48.5 Å². The molecule has 0 spiro atoms. The lowest BCUT2D eigenvalue weighted by Crippen LogP contribution is -2.29. The molecule has 0 radical (unpaired) electrons. The van der Waals surface area contributed by atoms with Gasteiger partial charge in [-0.3, -0.25) is 0 Å². The summed E-state index contributed by atoms with van der Waals surface area (Å²) in [6.45, 7) is 0. The minimum absolute atomic E-state index is 0.525. The summed E-state index contributed by atoms with van der Waals surface area (Å²) in [6.07, 6.45) is 0. The van der Waals surface area contributed by atoms with Crippen LogP contribution in [0.5, 0.6) is 0 Å². The Labute approximate surface area is 171 Å². The van der Waals surface area contributed by atoms with Crippen LogP contribution in [0.15, 0.2) is 121 Å². The minimum atomic E-state index is -1.34. The highest BCUT2D eigenvalue weighted by Gasteiger charge is 2.07. The van der Waals surface area contributed by atoms with Gasteiger partial charge in [0.25, 0.3) is 0 Å². The lowest BCUT2D eigenvalue weighted by molar-refractivity contribution is 0.426. The molecule has 4 aromatic carbocycles. The van der Waals surface area contributed by atoms with Gasteiger partial charge in [0.1, 0.15) is 0 Å². The van der Waals surface area contributed by atoms with Crippen LogP contribution in [0, 0.1) is 0 Å². The van der Waals surface area contributed by atoms with E-state index in [1.807, 2.05) is 48.5 Å². The van der Waals surface area contributed by atoms with Gasteiger partial charge in [0.2, 0.25) is 0 Å². The first-order chi connectivity index (χ1) is 13.7. The largest absolute Gasteiger partial charge is 0.488 e. The third-order valence-corrected chi connectivity index (χ3v) is 3.96. The molecule has 0 heterocycles. The molecule has 0 unspecified atom stereocenters. The highest BCUT2D eigenvalue weighted by molar-refractivity contribution is 6.58. The highest BCUT2D eigenvalue weighted by atomic mass is 35.5. The van der Waals surface area contributed by atoms with E-state index in [1.165, 1.54) is 11.1 Å². The van der Waals surface area contributed by atoms with E-state index >= 15 is 0 Å². The van der Waals surface area contributed by atoms with Crippen LogP contribution in [0.25, 0.3) is 11.1 Å². The second kappa shape index (κ2) is 12.5. The van der Waals surface area contributed by atoms with Gasteiger partial charge in [-0.05, 0) is 28.7 Å². The summed E-state index contributed by atoms with van der Waals surface area (Å²) in [5, 5.41) is 18.0. The van der Waals surface area contributed by atoms with Crippen LogP contribution in [0.2, 0.25) is 5.02 Å². The van der Waals surface area contributed by atoms with E-state index in [1.54, 1.807) is 24.3 Å². The van der Waals surface area contributed by atoms with Crippen molar-refractivity contribution in [2.24, 2.45) is 0 Å². The number of hydrogen-bond acceptors (Lipinski definition) is 2. The first-order valence-electron chi connectivity index (χ1n) is 8.89. The summed E-state index contributed by atoms with van der Waals surface area (Å²) >= 11 is 5.54. The second-order valence-electron chi connectivity index (χ2n) is 5.81. The Morgan fingerprint density at radius 2 is 0.786 bits per heavy atom. The molecule has 4 aromatic rings. The average molecular weight is 389 g/mol. The lowest BCUT2D eigenvalue weighted by Gasteiger charge is -1.98. The smallest absolute Gasteiger partial charge is 0.423 e. The molecular weight excluding hydrogens is 367 g/mol. The minimum Gasteiger partial charge on any atom is -0.423 e. The highest BCUT2D eigenvalue weighted by Crippen LogP contribution is 2.17. The van der Waals surface area contributed by atoms with Crippen LogP contribution < -0.4 is 5.46 Å². The third-order valence-electron chi connectivity index (χ3n) is 3.71. The van der Waals surface area contributed by atoms with Crippen LogP contribution in [-0.4, -0.2) is 17.2 Å². The van der Waals surface area contributed by atoms with Crippen molar-refractivity contribution < 1.29 is 10.0 Å². The molecule has 0 bridgehead atoms. The van der Waals surface area contributed by atoms with Crippen molar-refractivity contribution in [2.45, 2.75) is 0 Å². The molecule has 0 aromatic heterocycles. The predicted octanol–water partition coefficient (Wildman–Crippen LogP) is 5.06. The van der Waals surface area contributed by atoms with Gasteiger partial charge >= 0.3 is 7.12 Å². The quantitative estimate of drug-likeness (QED) is 0.471. The fourth-order valence-corrected chi connectivity index (χ4v) is 2.45. The molecule has 2 N–H and O–H groups in total. The zero-order chi connectivity index (χ0) is 20.0. The van der Waals surface area contributed by atoms with Gasteiger partial charge in [-0.1, -0.05) is 121 Å². The SMILES string of the molecule is Clc1ccccc1.OB(O)c1ccccc1.c1ccc(-c2ccccc2)cc1. The average Bonchev–Trinajstić information content (AvgIpc) is 2.77. The van der Waals surface area contributed by atoms with E-state index in [9.17, 15) is 0 Å². The molecule has 0 saturated carbocycles. The molecule has 0 aliphatic rings. The number of hydrogen-bond donors (Lipinski definition) is 2. The molecule has 140 valence electrons. The molecule has 4 heteroatoms. The van der Waals surface area contributed by atoms with Gasteiger partial charge in [-0.15, -0.1) is 0 Å². The van der Waals surface area contributed by atoms with Gasteiger partial charge in [0.15, 0.2) is 0 Å². The van der Waals surface area contributed by atoms with Gasteiger partial charge in [0.05, 0.1) is 0 Å². The first kappa shape index (κ1) is 21.5. The third kappa shape index (κ3) is 8.23. The summed E-state index contributed by atoms with van der Waals surface area (Å²) in [4.78, 5) is 0. The molecule has 0 amide bonds. The molecule has 28 heavy (non-hydrogen) atoms. The molecule has 0 aliphatic heterocycles. The Hall–Kier alpha value is -2.85. The molecule has 0 aliphatic carbocycles. The van der Waals surface area contributed by atoms with E-state index in [-0.39, 0.29) is 0 Å². The monoisotopic (exact) mass is 388 g/mol. The Kier molecular flexibility index (Phi) is 9.60. The van der Waals surface area contributed by atoms with Gasteiger partial charge in [-0.2, -0.15) is 0 Å². The van der Waals surface area contributed by atoms with Gasteiger partial charge in [-0.25, -0.2) is 0 Å². The fourth-order valence-electron chi connectivity index (χ4n) is 2.30. The maximum Gasteiger partial charge on any atom is 0.488 e. The van der Waals surface area contributed by atoms with Crippen molar-refractivity contribution in [3.05, 3.63) is 126 Å².